The van der Waals surface area contributed by atoms with Crippen molar-refractivity contribution >= 4 is 17.4 Å². The summed E-state index contributed by atoms with van der Waals surface area (Å²) in [6, 6.07) is 3.26. The van der Waals surface area contributed by atoms with Crippen molar-refractivity contribution in [1.82, 2.24) is 14.8 Å². The second-order valence-electron chi connectivity index (χ2n) is 3.68. The lowest BCUT2D eigenvalue weighted by molar-refractivity contribution is 0.103. The molecule has 0 fully saturated rings. The zero-order valence-electron chi connectivity index (χ0n) is 9.43. The Morgan fingerprint density at radius 1 is 1.41 bits per heavy atom. The monoisotopic (exact) mass is 249 g/mol. The maximum atomic E-state index is 12.0. The number of ketones is 1. The van der Waals surface area contributed by atoms with E-state index >= 15 is 0 Å². The van der Waals surface area contributed by atoms with Crippen molar-refractivity contribution < 1.29 is 4.79 Å². The summed E-state index contributed by atoms with van der Waals surface area (Å²) in [5.41, 5.74) is 0.929. The largest absolute Gasteiger partial charge is 0.287 e. The highest BCUT2D eigenvalue weighted by atomic mass is 35.5. The van der Waals surface area contributed by atoms with Crippen LogP contribution >= 0.6 is 11.6 Å². The summed E-state index contributed by atoms with van der Waals surface area (Å²) in [6.45, 7) is 2.87. The number of carbonyl (C=O) groups excluding carboxylic acids is 1. The molecular weight excluding hydrogens is 238 g/mol. The van der Waals surface area contributed by atoms with Crippen LogP contribution in [0.3, 0.4) is 0 Å². The van der Waals surface area contributed by atoms with E-state index in [0.717, 1.165) is 13.0 Å². The Morgan fingerprint density at radius 2 is 2.24 bits per heavy atom. The smallest absolute Gasteiger partial charge is 0.214 e. The van der Waals surface area contributed by atoms with E-state index in [0.29, 0.717) is 16.3 Å². The second kappa shape index (κ2) is 5.10. The van der Waals surface area contributed by atoms with Gasteiger partial charge >= 0.3 is 0 Å². The zero-order valence-corrected chi connectivity index (χ0v) is 10.2. The minimum Gasteiger partial charge on any atom is -0.287 e. The molecule has 0 aliphatic heterocycles. The topological polar surface area (TPSA) is 47.8 Å². The van der Waals surface area contributed by atoms with Gasteiger partial charge in [0, 0.05) is 18.9 Å². The van der Waals surface area contributed by atoms with Crippen LogP contribution in [0.1, 0.15) is 29.4 Å². The minimum atomic E-state index is -0.135. The fourth-order valence-corrected chi connectivity index (χ4v) is 1.60. The summed E-state index contributed by atoms with van der Waals surface area (Å²) in [4.78, 5) is 16.0. The van der Waals surface area contributed by atoms with Crippen LogP contribution in [0.25, 0.3) is 0 Å². The Morgan fingerprint density at radius 3 is 2.88 bits per heavy atom. The number of halogens is 1. The van der Waals surface area contributed by atoms with Gasteiger partial charge in [-0.15, -0.1) is 0 Å². The van der Waals surface area contributed by atoms with Crippen molar-refractivity contribution in [3.8, 4) is 0 Å². The number of hydrogen-bond donors (Lipinski definition) is 0. The molecule has 0 aromatic carbocycles. The van der Waals surface area contributed by atoms with Gasteiger partial charge in [-0.25, -0.2) is 0 Å². The lowest BCUT2D eigenvalue weighted by Crippen LogP contribution is -2.02. The molecule has 0 unspecified atom stereocenters. The van der Waals surface area contributed by atoms with Gasteiger partial charge in [-0.1, -0.05) is 18.5 Å². The first-order chi connectivity index (χ1) is 8.20. The highest BCUT2D eigenvalue weighted by molar-refractivity contribution is 6.30. The van der Waals surface area contributed by atoms with Gasteiger partial charge < -0.3 is 0 Å². The van der Waals surface area contributed by atoms with Crippen LogP contribution in [0.2, 0.25) is 5.02 Å². The minimum absolute atomic E-state index is 0.135. The number of hydrogen-bond acceptors (Lipinski definition) is 3. The van der Waals surface area contributed by atoms with Gasteiger partial charge in [-0.05, 0) is 18.6 Å². The number of pyridine rings is 1. The predicted molar refractivity (Wildman–Crippen MR) is 65.2 cm³/mol. The molecule has 0 saturated carbocycles. The Hall–Kier alpha value is -1.68. The fourth-order valence-electron chi connectivity index (χ4n) is 1.49. The standard InChI is InChI=1S/C12H12ClN3O/c1-2-5-16-8-9(6-15-16)12(17)11-4-3-10(13)7-14-11/h3-4,6-8H,2,5H2,1H3. The first-order valence-electron chi connectivity index (χ1n) is 5.39. The molecule has 88 valence electrons. The lowest BCUT2D eigenvalue weighted by atomic mass is 10.1. The third-order valence-electron chi connectivity index (χ3n) is 2.31. The molecule has 2 aromatic rings. The van der Waals surface area contributed by atoms with Crippen molar-refractivity contribution in [3.63, 3.8) is 0 Å². The molecule has 2 aromatic heterocycles. The Kier molecular flexibility index (Phi) is 3.54. The molecule has 0 amide bonds. The van der Waals surface area contributed by atoms with Crippen LogP contribution in [0.15, 0.2) is 30.7 Å². The number of rotatable bonds is 4. The van der Waals surface area contributed by atoms with Crippen LogP contribution in [0, 0.1) is 0 Å². The van der Waals surface area contributed by atoms with E-state index in [1.54, 1.807) is 29.2 Å². The third kappa shape index (κ3) is 2.71. The molecule has 5 heteroatoms. The molecular formula is C12H12ClN3O. The average molecular weight is 250 g/mol. The van der Waals surface area contributed by atoms with Crippen molar-refractivity contribution in [1.29, 1.82) is 0 Å². The molecule has 2 heterocycles. The summed E-state index contributed by atoms with van der Waals surface area (Å²) in [5.74, 6) is -0.135. The van der Waals surface area contributed by atoms with E-state index in [1.165, 1.54) is 6.20 Å². The van der Waals surface area contributed by atoms with E-state index in [-0.39, 0.29) is 5.78 Å². The summed E-state index contributed by atoms with van der Waals surface area (Å²) in [7, 11) is 0. The molecule has 2 rings (SSSR count). The number of aromatic nitrogens is 3. The van der Waals surface area contributed by atoms with Crippen molar-refractivity contribution in [2.75, 3.05) is 0 Å². The quantitative estimate of drug-likeness (QED) is 0.783. The van der Waals surface area contributed by atoms with E-state index in [1.807, 2.05) is 0 Å². The summed E-state index contributed by atoms with van der Waals surface area (Å²) in [6.07, 6.45) is 5.75. The third-order valence-corrected chi connectivity index (χ3v) is 2.53. The van der Waals surface area contributed by atoms with E-state index in [2.05, 4.69) is 17.0 Å². The van der Waals surface area contributed by atoms with Gasteiger partial charge in [0.1, 0.15) is 5.69 Å². The highest BCUT2D eigenvalue weighted by Crippen LogP contribution is 2.10. The van der Waals surface area contributed by atoms with Crippen LogP contribution in [-0.4, -0.2) is 20.5 Å². The predicted octanol–water partition coefficient (Wildman–Crippen LogP) is 2.57. The molecule has 0 aliphatic carbocycles. The molecule has 0 bridgehead atoms. The number of nitrogens with zero attached hydrogens (tertiary/aromatic N) is 3. The van der Waals surface area contributed by atoms with Crippen LogP contribution < -0.4 is 0 Å². The van der Waals surface area contributed by atoms with E-state index in [9.17, 15) is 4.79 Å². The first kappa shape index (κ1) is 11.8. The second-order valence-corrected chi connectivity index (χ2v) is 4.12. The van der Waals surface area contributed by atoms with Crippen LogP contribution in [0.4, 0.5) is 0 Å². The average Bonchev–Trinajstić information content (AvgIpc) is 2.78. The number of aryl methyl sites for hydroxylation is 1. The van der Waals surface area contributed by atoms with Crippen molar-refractivity contribution in [2.45, 2.75) is 19.9 Å². The molecule has 17 heavy (non-hydrogen) atoms. The molecule has 0 radical (unpaired) electrons. The fraction of sp³-hybridized carbons (Fsp3) is 0.250. The normalized spacial score (nSPS) is 10.5. The van der Waals surface area contributed by atoms with Crippen molar-refractivity contribution in [3.05, 3.63) is 47.0 Å². The van der Waals surface area contributed by atoms with Gasteiger partial charge in [-0.2, -0.15) is 5.10 Å². The van der Waals surface area contributed by atoms with Crippen LogP contribution in [-0.2, 0) is 6.54 Å². The van der Waals surface area contributed by atoms with Gasteiger partial charge in [0.15, 0.2) is 0 Å². The Labute approximate surface area is 104 Å². The van der Waals surface area contributed by atoms with Gasteiger partial charge in [0.05, 0.1) is 16.8 Å². The summed E-state index contributed by atoms with van der Waals surface area (Å²) < 4.78 is 1.75. The summed E-state index contributed by atoms with van der Waals surface area (Å²) >= 11 is 5.72. The molecule has 0 atom stereocenters. The first-order valence-corrected chi connectivity index (χ1v) is 5.77. The van der Waals surface area contributed by atoms with Gasteiger partial charge in [-0.3, -0.25) is 14.5 Å². The molecule has 0 spiro atoms. The summed E-state index contributed by atoms with van der Waals surface area (Å²) in [5, 5.41) is 4.63. The van der Waals surface area contributed by atoms with Gasteiger partial charge in [0.25, 0.3) is 0 Å². The number of carbonyl (C=O) groups is 1. The Bertz CT molecular complexity index is 519. The maximum Gasteiger partial charge on any atom is 0.214 e. The van der Waals surface area contributed by atoms with E-state index < -0.39 is 0 Å². The van der Waals surface area contributed by atoms with E-state index in [4.69, 9.17) is 11.6 Å². The molecule has 4 nitrogen and oxygen atoms in total. The molecule has 0 saturated heterocycles. The highest BCUT2D eigenvalue weighted by Gasteiger charge is 2.12. The van der Waals surface area contributed by atoms with Crippen LogP contribution in [0.5, 0.6) is 0 Å². The molecule has 0 aliphatic rings. The Balaban J connectivity index is 2.21. The maximum absolute atomic E-state index is 12.0. The zero-order chi connectivity index (χ0) is 12.3. The van der Waals surface area contributed by atoms with Gasteiger partial charge in [0.2, 0.25) is 5.78 Å². The lowest BCUT2D eigenvalue weighted by Gasteiger charge is -1.97. The van der Waals surface area contributed by atoms with Crippen molar-refractivity contribution in [2.24, 2.45) is 0 Å². The SMILES string of the molecule is CCCn1cc(C(=O)c2ccc(Cl)cn2)cn1. The molecule has 0 N–H and O–H groups in total.